The number of thiophene rings is 1. The molecule has 1 aliphatic rings. The third-order valence-electron chi connectivity index (χ3n) is 3.35. The Bertz CT molecular complexity index is 511. The summed E-state index contributed by atoms with van der Waals surface area (Å²) < 4.78 is 6.56. The summed E-state index contributed by atoms with van der Waals surface area (Å²) in [6, 6.07) is 4.22. The van der Waals surface area contributed by atoms with Crippen molar-refractivity contribution in [1.82, 2.24) is 4.98 Å². The summed E-state index contributed by atoms with van der Waals surface area (Å²) >= 11 is 1.78. The summed E-state index contributed by atoms with van der Waals surface area (Å²) in [6.45, 7) is 3.10. The van der Waals surface area contributed by atoms with Gasteiger partial charge in [0.2, 0.25) is 0 Å². The Labute approximate surface area is 105 Å². The summed E-state index contributed by atoms with van der Waals surface area (Å²) in [6.07, 6.45) is 3.14. The van der Waals surface area contributed by atoms with Crippen LogP contribution in [0.3, 0.4) is 0 Å². The van der Waals surface area contributed by atoms with E-state index in [-0.39, 0.29) is 0 Å². The first-order valence-corrected chi connectivity index (χ1v) is 6.82. The summed E-state index contributed by atoms with van der Waals surface area (Å²) in [5.41, 5.74) is 2.45. The molecule has 2 aromatic rings. The Morgan fingerprint density at radius 1 is 1.53 bits per heavy atom. The van der Waals surface area contributed by atoms with Gasteiger partial charge in [0.1, 0.15) is 0 Å². The molecule has 4 heteroatoms. The molecule has 0 amide bonds. The van der Waals surface area contributed by atoms with Gasteiger partial charge in [0.25, 0.3) is 0 Å². The van der Waals surface area contributed by atoms with E-state index in [0.29, 0.717) is 5.92 Å². The minimum Gasteiger partial charge on any atom is -0.384 e. The number of nitrogens with zero attached hydrogens (tertiary/aromatic N) is 2. The molecule has 3 heterocycles. The van der Waals surface area contributed by atoms with Crippen molar-refractivity contribution >= 4 is 27.2 Å². The molecule has 0 saturated carbocycles. The number of anilines is 1. The highest BCUT2D eigenvalue weighted by Gasteiger charge is 2.23. The van der Waals surface area contributed by atoms with Crippen LogP contribution in [-0.2, 0) is 4.74 Å². The van der Waals surface area contributed by atoms with Crippen LogP contribution in [-0.4, -0.2) is 31.8 Å². The van der Waals surface area contributed by atoms with E-state index < -0.39 is 0 Å². The zero-order valence-electron chi connectivity index (χ0n) is 9.93. The molecule has 3 nitrogen and oxygen atoms in total. The summed E-state index contributed by atoms with van der Waals surface area (Å²) in [7, 11) is 1.78. The molecule has 0 N–H and O–H groups in total. The lowest BCUT2D eigenvalue weighted by Gasteiger charge is -2.19. The topological polar surface area (TPSA) is 25.4 Å². The van der Waals surface area contributed by atoms with E-state index in [1.165, 1.54) is 16.8 Å². The van der Waals surface area contributed by atoms with Gasteiger partial charge in [-0.2, -0.15) is 0 Å². The van der Waals surface area contributed by atoms with Crippen LogP contribution >= 0.6 is 11.3 Å². The van der Waals surface area contributed by atoms with Gasteiger partial charge in [-0.15, -0.1) is 11.3 Å². The standard InChI is InChI=1S/C13H16N2OS/c1-16-9-10-3-6-15(8-10)12-2-5-14-11-4-7-17-13(11)12/h2,4-5,7,10H,3,6,8-9H2,1H3/t10-/m0/s1. The van der Waals surface area contributed by atoms with Crippen molar-refractivity contribution in [2.45, 2.75) is 6.42 Å². The molecule has 0 unspecified atom stereocenters. The van der Waals surface area contributed by atoms with Crippen molar-refractivity contribution in [1.29, 1.82) is 0 Å². The lowest BCUT2D eigenvalue weighted by molar-refractivity contribution is 0.161. The van der Waals surface area contributed by atoms with Crippen LogP contribution in [0.4, 0.5) is 5.69 Å². The molecule has 17 heavy (non-hydrogen) atoms. The van der Waals surface area contributed by atoms with E-state index >= 15 is 0 Å². The summed E-state index contributed by atoms with van der Waals surface area (Å²) in [4.78, 5) is 6.85. The monoisotopic (exact) mass is 248 g/mol. The average molecular weight is 248 g/mol. The number of rotatable bonds is 3. The largest absolute Gasteiger partial charge is 0.384 e. The van der Waals surface area contributed by atoms with E-state index in [1.54, 1.807) is 18.4 Å². The van der Waals surface area contributed by atoms with Crippen molar-refractivity contribution in [3.8, 4) is 0 Å². The third kappa shape index (κ3) is 2.03. The average Bonchev–Trinajstić information content (AvgIpc) is 2.96. The van der Waals surface area contributed by atoms with Crippen LogP contribution in [0.25, 0.3) is 10.2 Å². The molecule has 0 radical (unpaired) electrons. The minimum absolute atomic E-state index is 0.670. The Kier molecular flexibility index (Phi) is 2.99. The molecule has 90 valence electrons. The Morgan fingerprint density at radius 3 is 3.35 bits per heavy atom. The molecular formula is C13H16N2OS. The van der Waals surface area contributed by atoms with Gasteiger partial charge in [-0.25, -0.2) is 0 Å². The number of pyridine rings is 1. The fraction of sp³-hybridized carbons (Fsp3) is 0.462. The maximum atomic E-state index is 5.25. The molecule has 0 bridgehead atoms. The van der Waals surface area contributed by atoms with Crippen molar-refractivity contribution in [3.63, 3.8) is 0 Å². The number of hydrogen-bond donors (Lipinski definition) is 0. The van der Waals surface area contributed by atoms with Crippen LogP contribution in [0.2, 0.25) is 0 Å². The van der Waals surface area contributed by atoms with Gasteiger partial charge in [-0.3, -0.25) is 4.98 Å². The van der Waals surface area contributed by atoms with Crippen LogP contribution in [0, 0.1) is 5.92 Å². The van der Waals surface area contributed by atoms with Gasteiger partial charge >= 0.3 is 0 Å². The van der Waals surface area contributed by atoms with Crippen molar-refractivity contribution in [3.05, 3.63) is 23.7 Å². The lowest BCUT2D eigenvalue weighted by Crippen LogP contribution is -2.21. The zero-order chi connectivity index (χ0) is 11.7. The first kappa shape index (κ1) is 11.0. The third-order valence-corrected chi connectivity index (χ3v) is 4.28. The maximum absolute atomic E-state index is 5.25. The molecule has 1 fully saturated rings. The van der Waals surface area contributed by atoms with Gasteiger partial charge < -0.3 is 9.64 Å². The van der Waals surface area contributed by atoms with Crippen molar-refractivity contribution in [2.75, 3.05) is 31.7 Å². The summed E-state index contributed by atoms with van der Waals surface area (Å²) in [5, 5.41) is 2.11. The fourth-order valence-electron chi connectivity index (χ4n) is 2.53. The quantitative estimate of drug-likeness (QED) is 0.835. The van der Waals surface area contributed by atoms with Gasteiger partial charge in [0.05, 0.1) is 22.5 Å². The van der Waals surface area contributed by atoms with Crippen LogP contribution in [0.5, 0.6) is 0 Å². The van der Waals surface area contributed by atoms with Crippen LogP contribution in [0.15, 0.2) is 23.7 Å². The first-order valence-electron chi connectivity index (χ1n) is 5.94. The predicted molar refractivity (Wildman–Crippen MR) is 71.8 cm³/mol. The minimum atomic E-state index is 0.670. The second kappa shape index (κ2) is 4.63. The van der Waals surface area contributed by atoms with E-state index in [9.17, 15) is 0 Å². The highest BCUT2D eigenvalue weighted by atomic mass is 32.1. The Morgan fingerprint density at radius 2 is 2.47 bits per heavy atom. The number of hydrogen-bond acceptors (Lipinski definition) is 4. The highest BCUT2D eigenvalue weighted by molar-refractivity contribution is 7.17. The molecule has 3 rings (SSSR count). The molecule has 0 spiro atoms. The van der Waals surface area contributed by atoms with E-state index in [0.717, 1.165) is 25.2 Å². The van der Waals surface area contributed by atoms with Crippen LogP contribution in [0.1, 0.15) is 6.42 Å². The number of fused-ring (bicyclic) bond motifs is 1. The van der Waals surface area contributed by atoms with E-state index in [4.69, 9.17) is 4.74 Å². The number of methoxy groups -OCH3 is 1. The summed E-state index contributed by atoms with van der Waals surface area (Å²) in [5.74, 6) is 0.670. The Hall–Kier alpha value is -1.13. The zero-order valence-corrected chi connectivity index (χ0v) is 10.7. The molecule has 1 aliphatic heterocycles. The fourth-order valence-corrected chi connectivity index (χ4v) is 3.42. The number of aromatic nitrogens is 1. The van der Waals surface area contributed by atoms with Gasteiger partial charge in [0, 0.05) is 32.3 Å². The number of ether oxygens (including phenoxy) is 1. The lowest BCUT2D eigenvalue weighted by atomic mass is 10.1. The second-order valence-corrected chi connectivity index (χ2v) is 5.44. The second-order valence-electron chi connectivity index (χ2n) is 4.52. The molecule has 1 saturated heterocycles. The maximum Gasteiger partial charge on any atom is 0.0830 e. The molecular weight excluding hydrogens is 232 g/mol. The van der Waals surface area contributed by atoms with Crippen molar-refractivity contribution < 1.29 is 4.74 Å². The molecule has 0 aromatic carbocycles. The van der Waals surface area contributed by atoms with Gasteiger partial charge in [-0.05, 0) is 23.9 Å². The Balaban J connectivity index is 1.87. The van der Waals surface area contributed by atoms with E-state index in [1.807, 2.05) is 6.20 Å². The van der Waals surface area contributed by atoms with E-state index in [2.05, 4.69) is 27.4 Å². The molecule has 0 aliphatic carbocycles. The van der Waals surface area contributed by atoms with Gasteiger partial charge in [0.15, 0.2) is 0 Å². The normalized spacial score (nSPS) is 20.3. The SMILES string of the molecule is COC[C@H]1CCN(c2ccnc3ccsc23)C1. The van der Waals surface area contributed by atoms with Crippen LogP contribution < -0.4 is 4.90 Å². The molecule has 1 atom stereocenters. The van der Waals surface area contributed by atoms with Gasteiger partial charge in [-0.1, -0.05) is 0 Å². The smallest absolute Gasteiger partial charge is 0.0830 e. The predicted octanol–water partition coefficient (Wildman–Crippen LogP) is 2.77. The first-order chi connectivity index (χ1) is 8.38. The van der Waals surface area contributed by atoms with Crippen molar-refractivity contribution in [2.24, 2.45) is 5.92 Å². The molecule has 2 aromatic heterocycles. The highest BCUT2D eigenvalue weighted by Crippen LogP contribution is 2.33.